The summed E-state index contributed by atoms with van der Waals surface area (Å²) in [5.74, 6) is 2.33. The van der Waals surface area contributed by atoms with E-state index in [1.165, 1.54) is 24.8 Å². The Morgan fingerprint density at radius 1 is 0.800 bits per heavy atom. The molecule has 1 N–H and O–H groups in total. The number of hydrogen-bond acceptors (Lipinski definition) is 5. The molecule has 4 unspecified atom stereocenters. The summed E-state index contributed by atoms with van der Waals surface area (Å²) in [5.41, 5.74) is 0.336. The van der Waals surface area contributed by atoms with Crippen LogP contribution in [0.15, 0.2) is 16.7 Å². The molecule has 1 heterocycles. The minimum absolute atomic E-state index is 0.0423. The molecule has 0 saturated heterocycles. The van der Waals surface area contributed by atoms with Crippen LogP contribution in [-0.2, 0) is 8.85 Å². The Balaban J connectivity index is 1.48. The van der Waals surface area contributed by atoms with Crippen molar-refractivity contribution in [3.8, 4) is 5.95 Å². The zero-order valence-corrected chi connectivity index (χ0v) is 30.4. The average molecular weight is 607 g/mol. The predicted octanol–water partition coefficient (Wildman–Crippen LogP) is 8.78. The summed E-state index contributed by atoms with van der Waals surface area (Å²) in [7, 11) is -5.21. The van der Waals surface area contributed by atoms with E-state index < -0.39 is 30.6 Å². The molecule has 0 bridgehead atoms. The highest BCUT2D eigenvalue weighted by Crippen LogP contribution is 2.71. The van der Waals surface area contributed by atoms with Crippen molar-refractivity contribution in [2.45, 2.75) is 148 Å². The van der Waals surface area contributed by atoms with Crippen molar-refractivity contribution in [3.05, 3.63) is 17.9 Å². The van der Waals surface area contributed by atoms with Crippen LogP contribution in [0.4, 0.5) is 0 Å². The SMILES string of the molecule is C[C@]12C(O[Si](C)(C)C)C[C@H]3[C@@H](CCC4CC(O[Si](C)(C)C)CC[C@@]43C)[C@]1(O)CCC2c1coc(O[Si](C)(C)C)c1. The van der Waals surface area contributed by atoms with E-state index in [0.29, 0.717) is 29.8 Å². The lowest BCUT2D eigenvalue weighted by molar-refractivity contribution is -0.237. The molecule has 4 aliphatic carbocycles. The van der Waals surface area contributed by atoms with Gasteiger partial charge in [-0.05, 0) is 145 Å². The fourth-order valence-electron chi connectivity index (χ4n) is 9.75. The van der Waals surface area contributed by atoms with Crippen molar-refractivity contribution in [3.63, 3.8) is 0 Å². The van der Waals surface area contributed by atoms with Crippen molar-refractivity contribution < 1.29 is 22.8 Å². The molecular formula is C32H58O5Si3. The third-order valence-corrected chi connectivity index (χ3v) is 14.1. The number of aliphatic hydroxyl groups is 1. The summed E-state index contributed by atoms with van der Waals surface area (Å²) in [5, 5.41) is 13.0. The molecule has 1 aromatic heterocycles. The summed E-state index contributed by atoms with van der Waals surface area (Å²) in [4.78, 5) is 0. The monoisotopic (exact) mass is 606 g/mol. The molecule has 4 aliphatic rings. The minimum Gasteiger partial charge on any atom is -0.519 e. The second-order valence-electron chi connectivity index (χ2n) is 17.3. The third-order valence-electron chi connectivity index (χ3n) is 11.3. The van der Waals surface area contributed by atoms with E-state index in [9.17, 15) is 5.11 Å². The van der Waals surface area contributed by atoms with Gasteiger partial charge < -0.3 is 22.8 Å². The van der Waals surface area contributed by atoms with Gasteiger partial charge in [0.25, 0.3) is 5.95 Å². The van der Waals surface area contributed by atoms with Crippen molar-refractivity contribution in [2.24, 2.45) is 28.6 Å². The van der Waals surface area contributed by atoms with E-state index >= 15 is 0 Å². The lowest BCUT2D eigenvalue weighted by Gasteiger charge is -2.66. The van der Waals surface area contributed by atoms with Crippen LogP contribution in [0.25, 0.3) is 0 Å². The molecule has 0 aliphatic heterocycles. The second kappa shape index (κ2) is 10.1. The molecule has 0 aromatic carbocycles. The maximum Gasteiger partial charge on any atom is 0.270 e. The Labute approximate surface area is 247 Å². The summed E-state index contributed by atoms with van der Waals surface area (Å²) in [6.07, 6.45) is 11.1. The van der Waals surface area contributed by atoms with Crippen LogP contribution in [0.5, 0.6) is 5.95 Å². The number of hydrogen-bond donors (Lipinski definition) is 1. The standard InChI is InChI=1S/C32H58O5Si3/c1-30-16-14-24(35-38(3,4)5)19-23(30)12-13-26-27(30)20-28(36-39(6,7)8)31(2)25(15-17-32(26,31)33)22-18-29(34-21-22)37-40(9,10)11/h18,21,23-28,33H,12-17,19-20H2,1-11H3/t23?,24?,25?,26-,27+,28?,30+,31+,32-/m1/s1. The molecule has 5 nitrogen and oxygen atoms in total. The van der Waals surface area contributed by atoms with Crippen LogP contribution in [0, 0.1) is 28.6 Å². The van der Waals surface area contributed by atoms with Crippen molar-refractivity contribution in [2.75, 3.05) is 0 Å². The first-order valence-corrected chi connectivity index (χ1v) is 26.3. The predicted molar refractivity (Wildman–Crippen MR) is 170 cm³/mol. The zero-order valence-electron chi connectivity index (χ0n) is 27.4. The van der Waals surface area contributed by atoms with Crippen molar-refractivity contribution in [1.29, 1.82) is 0 Å². The largest absolute Gasteiger partial charge is 0.519 e. The first kappa shape index (κ1) is 31.0. The smallest absolute Gasteiger partial charge is 0.270 e. The molecule has 5 rings (SSSR count). The van der Waals surface area contributed by atoms with Crippen LogP contribution in [0.3, 0.4) is 0 Å². The first-order chi connectivity index (χ1) is 18.3. The van der Waals surface area contributed by atoms with Gasteiger partial charge in [0.15, 0.2) is 16.6 Å². The van der Waals surface area contributed by atoms with Gasteiger partial charge in [-0.15, -0.1) is 0 Å². The first-order valence-electron chi connectivity index (χ1n) is 16.1. The normalized spacial score (nSPS) is 42.2. The van der Waals surface area contributed by atoms with E-state index in [2.05, 4.69) is 78.8 Å². The molecule has 0 radical (unpaired) electrons. The van der Waals surface area contributed by atoms with Gasteiger partial charge in [0.05, 0.1) is 18.0 Å². The maximum atomic E-state index is 13.0. The van der Waals surface area contributed by atoms with Gasteiger partial charge in [0, 0.05) is 17.6 Å². The van der Waals surface area contributed by atoms with E-state index in [4.69, 9.17) is 17.7 Å². The average Bonchev–Trinajstić information content (AvgIpc) is 3.33. The van der Waals surface area contributed by atoms with Gasteiger partial charge in [-0.1, -0.05) is 13.8 Å². The van der Waals surface area contributed by atoms with Gasteiger partial charge in [-0.25, -0.2) is 0 Å². The summed E-state index contributed by atoms with van der Waals surface area (Å²) in [6, 6.07) is 2.12. The van der Waals surface area contributed by atoms with Crippen LogP contribution >= 0.6 is 0 Å². The lowest BCUT2D eigenvalue weighted by atomic mass is 9.42. The van der Waals surface area contributed by atoms with Crippen LogP contribution < -0.4 is 4.43 Å². The van der Waals surface area contributed by atoms with E-state index in [1.807, 2.05) is 6.26 Å². The number of furan rings is 1. The second-order valence-corrected chi connectivity index (χ2v) is 30.6. The molecule has 228 valence electrons. The third kappa shape index (κ3) is 5.51. The molecule has 8 heteroatoms. The highest BCUT2D eigenvalue weighted by atomic mass is 28.4. The van der Waals surface area contributed by atoms with E-state index in [1.54, 1.807) is 0 Å². The van der Waals surface area contributed by atoms with Crippen molar-refractivity contribution >= 4 is 25.0 Å². The van der Waals surface area contributed by atoms with Crippen LogP contribution in [0.2, 0.25) is 58.9 Å². The Hall–Kier alpha value is -0.389. The lowest BCUT2D eigenvalue weighted by Crippen LogP contribution is -2.67. The van der Waals surface area contributed by atoms with Crippen LogP contribution in [-0.4, -0.2) is 47.9 Å². The maximum absolute atomic E-state index is 13.0. The molecule has 9 atom stereocenters. The molecular weight excluding hydrogens is 549 g/mol. The molecule has 0 amide bonds. The zero-order chi connectivity index (χ0) is 29.5. The van der Waals surface area contributed by atoms with Crippen LogP contribution in [0.1, 0.15) is 76.7 Å². The van der Waals surface area contributed by atoms with Gasteiger partial charge >= 0.3 is 0 Å². The highest BCUT2D eigenvalue weighted by Gasteiger charge is 2.71. The topological polar surface area (TPSA) is 61.1 Å². The van der Waals surface area contributed by atoms with E-state index in [-0.39, 0.29) is 22.9 Å². The van der Waals surface area contributed by atoms with Gasteiger partial charge in [-0.2, -0.15) is 0 Å². The Kier molecular flexibility index (Phi) is 7.82. The summed E-state index contributed by atoms with van der Waals surface area (Å²) < 4.78 is 26.0. The number of fused-ring (bicyclic) bond motifs is 5. The molecule has 1 aromatic rings. The fourth-order valence-corrected chi connectivity index (χ4v) is 12.9. The van der Waals surface area contributed by atoms with Crippen molar-refractivity contribution in [1.82, 2.24) is 0 Å². The Morgan fingerprint density at radius 2 is 1.48 bits per heavy atom. The molecule has 40 heavy (non-hydrogen) atoms. The van der Waals surface area contributed by atoms with Gasteiger partial charge in [-0.3, -0.25) is 0 Å². The molecule has 4 saturated carbocycles. The fraction of sp³-hybridized carbons (Fsp3) is 0.875. The molecule has 0 spiro atoms. The summed E-state index contributed by atoms with van der Waals surface area (Å²) in [6.45, 7) is 25.4. The van der Waals surface area contributed by atoms with Gasteiger partial charge in [0.1, 0.15) is 0 Å². The highest BCUT2D eigenvalue weighted by molar-refractivity contribution is 6.70. The Bertz CT molecular complexity index is 1070. The molecule has 4 fully saturated rings. The van der Waals surface area contributed by atoms with Gasteiger partial charge in [0.2, 0.25) is 8.32 Å². The Morgan fingerprint density at radius 3 is 2.10 bits per heavy atom. The minimum atomic E-state index is -1.87. The summed E-state index contributed by atoms with van der Waals surface area (Å²) >= 11 is 0. The number of rotatable bonds is 7. The quantitative estimate of drug-likeness (QED) is 0.314. The van der Waals surface area contributed by atoms with E-state index in [0.717, 1.165) is 32.1 Å².